The smallest absolute Gasteiger partial charge is 0.142 e. The lowest BCUT2D eigenvalue weighted by Gasteiger charge is -2.32. The Hall–Kier alpha value is -0.768. The summed E-state index contributed by atoms with van der Waals surface area (Å²) in [6.45, 7) is 11.4. The fourth-order valence-corrected chi connectivity index (χ4v) is 4.38. The molecule has 0 amide bonds. The molecule has 0 saturated carbocycles. The van der Waals surface area contributed by atoms with Crippen molar-refractivity contribution in [2.45, 2.75) is 65.5 Å². The van der Waals surface area contributed by atoms with E-state index in [1.807, 2.05) is 0 Å². The summed E-state index contributed by atoms with van der Waals surface area (Å²) in [6, 6.07) is 0. The molecule has 1 rings (SSSR count). The standard InChI is InChI=1S/C19H27.2CH3.Al/c1-15(2)9-7-10-16(3)12-13-18-17(4)11-8-14-19(18,5)6;;;/h1,7,9-10,12-13H,8,11,14H2,2-6H3;2*1H3;/b9-7+,13-12+,15-1?,16-10+;;;. The van der Waals surface area contributed by atoms with Gasteiger partial charge in [0.25, 0.3) is 14.1 Å². The summed E-state index contributed by atoms with van der Waals surface area (Å²) < 4.78 is 0. The van der Waals surface area contributed by atoms with Gasteiger partial charge in [0, 0.05) is 0 Å². The maximum Gasteiger partial charge on any atom is 0.288 e. The predicted molar refractivity (Wildman–Crippen MR) is 104 cm³/mol. The van der Waals surface area contributed by atoms with E-state index in [4.69, 9.17) is 0 Å². The van der Waals surface area contributed by atoms with Gasteiger partial charge >= 0.3 is 0 Å². The van der Waals surface area contributed by atoms with E-state index in [0.29, 0.717) is 5.41 Å². The Morgan fingerprint density at radius 3 is 2.36 bits per heavy atom. The van der Waals surface area contributed by atoms with E-state index in [2.05, 4.69) is 81.5 Å². The van der Waals surface area contributed by atoms with Crippen LogP contribution in [0.4, 0.5) is 0 Å². The van der Waals surface area contributed by atoms with Crippen molar-refractivity contribution in [3.8, 4) is 0 Å². The van der Waals surface area contributed by atoms with Gasteiger partial charge in [-0.15, -0.1) is 16.5 Å². The molecular weight excluding hydrogens is 279 g/mol. The van der Waals surface area contributed by atoms with Crippen molar-refractivity contribution in [1.29, 1.82) is 0 Å². The minimum absolute atomic E-state index is 0.330. The van der Waals surface area contributed by atoms with E-state index >= 15 is 0 Å². The van der Waals surface area contributed by atoms with Gasteiger partial charge in [0.05, 0.1) is 0 Å². The highest BCUT2D eigenvalue weighted by atomic mass is 27.2. The van der Waals surface area contributed by atoms with Gasteiger partial charge < -0.3 is 0 Å². The summed E-state index contributed by atoms with van der Waals surface area (Å²) >= 11 is -0.605. The van der Waals surface area contributed by atoms with Crippen molar-refractivity contribution in [2.24, 2.45) is 5.41 Å². The Morgan fingerprint density at radius 1 is 1.09 bits per heavy atom. The van der Waals surface area contributed by atoms with E-state index in [9.17, 15) is 0 Å². The third-order valence-electron chi connectivity index (χ3n) is 4.37. The first kappa shape index (κ1) is 19.3. The van der Waals surface area contributed by atoms with Crippen LogP contribution < -0.4 is 0 Å². The van der Waals surface area contributed by atoms with Gasteiger partial charge in [0.15, 0.2) is 0 Å². The zero-order valence-corrected chi connectivity index (χ0v) is 16.8. The second kappa shape index (κ2) is 8.76. The molecule has 0 fully saturated rings. The molecule has 120 valence electrons. The van der Waals surface area contributed by atoms with Crippen LogP contribution in [0.2, 0.25) is 11.6 Å². The molecule has 0 bridgehead atoms. The quantitative estimate of drug-likeness (QED) is 0.386. The highest BCUT2D eigenvalue weighted by molar-refractivity contribution is 6.61. The predicted octanol–water partition coefficient (Wildman–Crippen LogP) is 6.81. The molecule has 0 aromatic rings. The van der Waals surface area contributed by atoms with Gasteiger partial charge in [0.1, 0.15) is 0 Å². The zero-order chi connectivity index (χ0) is 16.8. The summed E-state index contributed by atoms with van der Waals surface area (Å²) in [6.07, 6.45) is 15.1. The molecule has 22 heavy (non-hydrogen) atoms. The molecule has 0 aliphatic heterocycles. The minimum atomic E-state index is -0.605. The Labute approximate surface area is 142 Å². The Kier molecular flexibility index (Phi) is 7.67. The SMILES string of the molecule is CC1=C(/C=C/C(C)=C/C=C/C(C)=[CH]/[Al]([CH3])[CH3])C(C)(C)CCC1. The van der Waals surface area contributed by atoms with Crippen LogP contribution >= 0.6 is 0 Å². The maximum atomic E-state index is 2.42. The molecule has 0 aromatic carbocycles. The molecule has 0 saturated heterocycles. The van der Waals surface area contributed by atoms with Crippen molar-refractivity contribution >= 4 is 14.1 Å². The van der Waals surface area contributed by atoms with Crippen LogP contribution in [0.25, 0.3) is 0 Å². The van der Waals surface area contributed by atoms with Crippen LogP contribution in [-0.2, 0) is 0 Å². The topological polar surface area (TPSA) is 0 Å². The molecular formula is C21H33Al. The Bertz CT molecular complexity index is 522. The molecule has 0 spiro atoms. The number of allylic oxidation sites excluding steroid dienone is 9. The minimum Gasteiger partial charge on any atom is -0.142 e. The molecule has 0 heterocycles. The van der Waals surface area contributed by atoms with E-state index in [1.54, 1.807) is 5.57 Å². The van der Waals surface area contributed by atoms with E-state index in [1.165, 1.54) is 36.0 Å². The van der Waals surface area contributed by atoms with E-state index in [-0.39, 0.29) is 0 Å². The summed E-state index contributed by atoms with van der Waals surface area (Å²) in [5, 5.41) is 0. The molecule has 1 heteroatoms. The first-order valence-electron chi connectivity index (χ1n) is 8.64. The monoisotopic (exact) mass is 312 g/mol. The number of rotatable bonds is 5. The summed E-state index contributed by atoms with van der Waals surface area (Å²) in [5.74, 6) is 4.70. The molecule has 0 nitrogen and oxygen atoms in total. The van der Waals surface area contributed by atoms with Crippen LogP contribution in [0.5, 0.6) is 0 Å². The molecule has 1 aliphatic carbocycles. The molecule has 0 N–H and O–H groups in total. The van der Waals surface area contributed by atoms with Gasteiger partial charge in [-0.05, 0) is 51.0 Å². The molecule has 0 unspecified atom stereocenters. The Morgan fingerprint density at radius 2 is 1.77 bits per heavy atom. The summed E-state index contributed by atoms with van der Waals surface area (Å²) in [5.41, 5.74) is 6.14. The highest BCUT2D eigenvalue weighted by Gasteiger charge is 2.26. The van der Waals surface area contributed by atoms with Crippen LogP contribution in [0.1, 0.15) is 53.9 Å². The van der Waals surface area contributed by atoms with Crippen molar-refractivity contribution < 1.29 is 0 Å². The second-order valence-electron chi connectivity index (χ2n) is 7.69. The number of hydrogen-bond donors (Lipinski definition) is 0. The first-order valence-corrected chi connectivity index (χ1v) is 11.6. The average molecular weight is 312 g/mol. The van der Waals surface area contributed by atoms with Crippen LogP contribution in [0.3, 0.4) is 0 Å². The largest absolute Gasteiger partial charge is 0.288 e. The van der Waals surface area contributed by atoms with Crippen molar-refractivity contribution in [2.75, 3.05) is 0 Å². The van der Waals surface area contributed by atoms with Crippen molar-refractivity contribution in [3.63, 3.8) is 0 Å². The van der Waals surface area contributed by atoms with Gasteiger partial charge in [-0.2, -0.15) is 0 Å². The normalized spacial score (nSPS) is 20.3. The molecule has 0 atom stereocenters. The van der Waals surface area contributed by atoms with Crippen LogP contribution in [0.15, 0.2) is 57.6 Å². The highest BCUT2D eigenvalue weighted by Crippen LogP contribution is 2.40. The lowest BCUT2D eigenvalue weighted by atomic mass is 9.72. The molecule has 0 aromatic heterocycles. The fraction of sp³-hybridized carbons (Fsp3) is 0.524. The van der Waals surface area contributed by atoms with Gasteiger partial charge in [-0.3, -0.25) is 0 Å². The lowest BCUT2D eigenvalue weighted by molar-refractivity contribution is 0.377. The van der Waals surface area contributed by atoms with Gasteiger partial charge in [-0.1, -0.05) is 60.9 Å². The summed E-state index contributed by atoms with van der Waals surface area (Å²) in [7, 11) is 0. The van der Waals surface area contributed by atoms with Gasteiger partial charge in [-0.25, -0.2) is 0 Å². The van der Waals surface area contributed by atoms with Crippen molar-refractivity contribution in [1.82, 2.24) is 0 Å². The Balaban J connectivity index is 2.77. The van der Waals surface area contributed by atoms with Gasteiger partial charge in [0.2, 0.25) is 0 Å². The third-order valence-corrected chi connectivity index (χ3v) is 5.56. The second-order valence-corrected chi connectivity index (χ2v) is 10.5. The van der Waals surface area contributed by atoms with Crippen LogP contribution in [0, 0.1) is 5.41 Å². The first-order chi connectivity index (χ1) is 10.2. The van der Waals surface area contributed by atoms with E-state index in [0.717, 1.165) is 0 Å². The van der Waals surface area contributed by atoms with Crippen LogP contribution in [-0.4, -0.2) is 14.1 Å². The van der Waals surface area contributed by atoms with E-state index < -0.39 is 14.1 Å². The maximum absolute atomic E-state index is 2.42. The summed E-state index contributed by atoms with van der Waals surface area (Å²) in [4.78, 5) is 2.42. The average Bonchev–Trinajstić information content (AvgIpc) is 2.36. The lowest BCUT2D eigenvalue weighted by Crippen LogP contribution is -2.19. The fourth-order valence-electron chi connectivity index (χ4n) is 3.21. The third kappa shape index (κ3) is 6.55. The number of hydrogen-bond acceptors (Lipinski definition) is 0. The molecule has 0 radical (unpaired) electrons. The zero-order valence-electron chi connectivity index (χ0n) is 15.7. The van der Waals surface area contributed by atoms with Crippen molar-refractivity contribution in [3.05, 3.63) is 57.6 Å². The molecule has 1 aliphatic rings.